The summed E-state index contributed by atoms with van der Waals surface area (Å²) in [7, 11) is 3.41. The van der Waals surface area contributed by atoms with Gasteiger partial charge in [-0.25, -0.2) is 13.8 Å². The van der Waals surface area contributed by atoms with Gasteiger partial charge in [-0.1, -0.05) is 12.1 Å². The smallest absolute Gasteiger partial charge is 0.257 e. The van der Waals surface area contributed by atoms with Gasteiger partial charge in [-0.2, -0.15) is 0 Å². The molecule has 0 atom stereocenters. The van der Waals surface area contributed by atoms with Gasteiger partial charge >= 0.3 is 0 Å². The number of hydrogen-bond donors (Lipinski definition) is 2. The molecule has 1 amide bonds. The summed E-state index contributed by atoms with van der Waals surface area (Å²) in [4.78, 5) is 17.2. The average molecular weight is 326 g/mol. The molecule has 0 aliphatic rings. The molecule has 1 rings (SSSR count). The first-order valence-electron chi connectivity index (χ1n) is 7.55. The van der Waals surface area contributed by atoms with E-state index in [-0.39, 0.29) is 5.91 Å². The minimum absolute atomic E-state index is 0.0494. The Morgan fingerprint density at radius 2 is 2.04 bits per heavy atom. The van der Waals surface area contributed by atoms with Crippen molar-refractivity contribution in [1.29, 1.82) is 0 Å². The molecule has 0 spiro atoms. The number of alkyl halides is 2. The Hall–Kier alpha value is -2.18. The van der Waals surface area contributed by atoms with Crippen molar-refractivity contribution in [2.75, 3.05) is 33.7 Å². The Bertz CT molecular complexity index is 533. The summed E-state index contributed by atoms with van der Waals surface area (Å²) in [6, 6.07) is 7.38. The minimum atomic E-state index is -2.46. The highest BCUT2D eigenvalue weighted by molar-refractivity contribution is 5.94. The Labute approximate surface area is 135 Å². The SMILES string of the molecule is CCNC(=NCC(F)F)NCCc1cccc(C(=O)N(C)C)c1. The summed E-state index contributed by atoms with van der Waals surface area (Å²) in [6.45, 7) is 2.48. The molecule has 128 valence electrons. The fourth-order valence-corrected chi connectivity index (χ4v) is 1.95. The third-order valence-electron chi connectivity index (χ3n) is 3.02. The minimum Gasteiger partial charge on any atom is -0.357 e. The summed E-state index contributed by atoms with van der Waals surface area (Å²) < 4.78 is 24.4. The molecule has 0 radical (unpaired) electrons. The number of carbonyl (C=O) groups excluding carboxylic acids is 1. The van der Waals surface area contributed by atoms with Crippen LogP contribution in [0.3, 0.4) is 0 Å². The molecule has 0 aliphatic heterocycles. The number of halogens is 2. The maximum Gasteiger partial charge on any atom is 0.257 e. The van der Waals surface area contributed by atoms with Crippen molar-refractivity contribution in [3.05, 3.63) is 35.4 Å². The quantitative estimate of drug-likeness (QED) is 0.593. The predicted molar refractivity (Wildman–Crippen MR) is 88.1 cm³/mol. The first-order valence-corrected chi connectivity index (χ1v) is 7.55. The average Bonchev–Trinajstić information content (AvgIpc) is 2.52. The van der Waals surface area contributed by atoms with Crippen molar-refractivity contribution >= 4 is 11.9 Å². The van der Waals surface area contributed by atoms with E-state index in [4.69, 9.17) is 0 Å². The van der Waals surface area contributed by atoms with E-state index in [1.807, 2.05) is 25.1 Å². The number of hydrogen-bond acceptors (Lipinski definition) is 2. The van der Waals surface area contributed by atoms with Crippen molar-refractivity contribution < 1.29 is 13.6 Å². The van der Waals surface area contributed by atoms with Crippen molar-refractivity contribution in [2.45, 2.75) is 19.8 Å². The van der Waals surface area contributed by atoms with Gasteiger partial charge in [0.1, 0.15) is 6.54 Å². The normalized spacial score (nSPS) is 11.5. The number of guanidine groups is 1. The number of rotatable bonds is 7. The van der Waals surface area contributed by atoms with E-state index in [1.165, 1.54) is 4.90 Å². The van der Waals surface area contributed by atoms with Gasteiger partial charge in [0.05, 0.1) is 0 Å². The third kappa shape index (κ3) is 7.08. The van der Waals surface area contributed by atoms with Crippen LogP contribution in [-0.4, -0.2) is 56.9 Å². The van der Waals surface area contributed by atoms with E-state index in [2.05, 4.69) is 15.6 Å². The molecule has 0 aliphatic carbocycles. The molecule has 5 nitrogen and oxygen atoms in total. The van der Waals surface area contributed by atoms with Crippen LogP contribution >= 0.6 is 0 Å². The molecule has 2 N–H and O–H groups in total. The lowest BCUT2D eigenvalue weighted by Gasteiger charge is -2.13. The summed E-state index contributed by atoms with van der Waals surface area (Å²) in [5.41, 5.74) is 1.63. The first-order chi connectivity index (χ1) is 10.9. The topological polar surface area (TPSA) is 56.7 Å². The maximum absolute atomic E-state index is 12.2. The van der Waals surface area contributed by atoms with Crippen LogP contribution in [0.15, 0.2) is 29.3 Å². The number of carbonyl (C=O) groups is 1. The van der Waals surface area contributed by atoms with Crippen LogP contribution in [0.2, 0.25) is 0 Å². The molecule has 0 unspecified atom stereocenters. The van der Waals surface area contributed by atoms with Gasteiger partial charge in [-0.3, -0.25) is 4.79 Å². The molecule has 1 aromatic carbocycles. The fourth-order valence-electron chi connectivity index (χ4n) is 1.95. The monoisotopic (exact) mass is 326 g/mol. The second-order valence-electron chi connectivity index (χ2n) is 5.19. The molecule has 0 saturated heterocycles. The summed E-state index contributed by atoms with van der Waals surface area (Å²) in [6.07, 6.45) is -1.80. The highest BCUT2D eigenvalue weighted by atomic mass is 19.3. The third-order valence-corrected chi connectivity index (χ3v) is 3.02. The van der Waals surface area contributed by atoms with Crippen LogP contribution < -0.4 is 10.6 Å². The Morgan fingerprint density at radius 3 is 2.65 bits per heavy atom. The van der Waals surface area contributed by atoms with Crippen molar-refractivity contribution in [1.82, 2.24) is 15.5 Å². The van der Waals surface area contributed by atoms with Crippen LogP contribution in [0.25, 0.3) is 0 Å². The van der Waals surface area contributed by atoms with Gasteiger partial charge in [-0.05, 0) is 31.0 Å². The fraction of sp³-hybridized carbons (Fsp3) is 0.500. The zero-order chi connectivity index (χ0) is 17.2. The van der Waals surface area contributed by atoms with E-state index in [1.54, 1.807) is 20.2 Å². The van der Waals surface area contributed by atoms with Gasteiger partial charge in [0.25, 0.3) is 12.3 Å². The van der Waals surface area contributed by atoms with Crippen LogP contribution in [0.5, 0.6) is 0 Å². The Kier molecular flexibility index (Phi) is 8.01. The second-order valence-corrected chi connectivity index (χ2v) is 5.19. The highest BCUT2D eigenvalue weighted by Crippen LogP contribution is 2.07. The summed E-state index contributed by atoms with van der Waals surface area (Å²) >= 11 is 0. The lowest BCUT2D eigenvalue weighted by molar-refractivity contribution is 0.0827. The Morgan fingerprint density at radius 1 is 1.30 bits per heavy atom. The molecule has 0 aromatic heterocycles. The first kappa shape index (κ1) is 18.9. The van der Waals surface area contributed by atoms with E-state index in [0.29, 0.717) is 31.0 Å². The molecular formula is C16H24F2N4O. The van der Waals surface area contributed by atoms with Crippen molar-refractivity contribution in [2.24, 2.45) is 4.99 Å². The van der Waals surface area contributed by atoms with Crippen LogP contribution in [0.1, 0.15) is 22.8 Å². The van der Waals surface area contributed by atoms with Gasteiger partial charge in [0.2, 0.25) is 0 Å². The second kappa shape index (κ2) is 9.76. The molecule has 0 heterocycles. The van der Waals surface area contributed by atoms with Gasteiger partial charge < -0.3 is 15.5 Å². The van der Waals surface area contributed by atoms with Crippen LogP contribution in [0, 0.1) is 0 Å². The molecule has 0 bridgehead atoms. The zero-order valence-electron chi connectivity index (χ0n) is 13.8. The van der Waals surface area contributed by atoms with Gasteiger partial charge in [0.15, 0.2) is 5.96 Å². The molecule has 1 aromatic rings. The molecule has 0 fully saturated rings. The van der Waals surface area contributed by atoms with Crippen LogP contribution in [0.4, 0.5) is 8.78 Å². The number of benzene rings is 1. The molecular weight excluding hydrogens is 302 g/mol. The highest BCUT2D eigenvalue weighted by Gasteiger charge is 2.08. The number of amides is 1. The van der Waals surface area contributed by atoms with Gasteiger partial charge in [0, 0.05) is 32.7 Å². The van der Waals surface area contributed by atoms with Crippen molar-refractivity contribution in [3.8, 4) is 0 Å². The lowest BCUT2D eigenvalue weighted by atomic mass is 10.1. The summed E-state index contributed by atoms with van der Waals surface area (Å²) in [5.74, 6) is 0.319. The van der Waals surface area contributed by atoms with Crippen molar-refractivity contribution in [3.63, 3.8) is 0 Å². The number of nitrogens with zero attached hydrogens (tertiary/aromatic N) is 2. The summed E-state index contributed by atoms with van der Waals surface area (Å²) in [5, 5.41) is 5.92. The van der Waals surface area contributed by atoms with E-state index in [0.717, 1.165) is 5.56 Å². The molecule has 7 heteroatoms. The number of aliphatic imine (C=N–C) groups is 1. The number of nitrogens with one attached hydrogen (secondary N) is 2. The van der Waals surface area contributed by atoms with E-state index >= 15 is 0 Å². The lowest BCUT2D eigenvalue weighted by Crippen LogP contribution is -2.38. The predicted octanol–water partition coefficient (Wildman–Crippen LogP) is 1.75. The van der Waals surface area contributed by atoms with E-state index in [9.17, 15) is 13.6 Å². The largest absolute Gasteiger partial charge is 0.357 e. The molecule has 23 heavy (non-hydrogen) atoms. The maximum atomic E-state index is 12.2. The van der Waals surface area contributed by atoms with Gasteiger partial charge in [-0.15, -0.1) is 0 Å². The molecule has 0 saturated carbocycles. The Balaban J connectivity index is 2.58. The zero-order valence-corrected chi connectivity index (χ0v) is 13.8. The standard InChI is InChI=1S/C16H24F2N4O/c1-4-19-16(21-11-14(17)18)20-9-8-12-6-5-7-13(10-12)15(23)22(2)3/h5-7,10,14H,4,8-9,11H2,1-3H3,(H2,19,20,21). The van der Waals surface area contributed by atoms with Crippen LogP contribution in [-0.2, 0) is 6.42 Å². The van der Waals surface area contributed by atoms with E-state index < -0.39 is 13.0 Å².